The number of carbonyl (C=O) groups excluding carboxylic acids is 2. The van der Waals surface area contributed by atoms with Gasteiger partial charge in [-0.2, -0.15) is 0 Å². The van der Waals surface area contributed by atoms with E-state index < -0.39 is 0 Å². The van der Waals surface area contributed by atoms with Crippen LogP contribution in [-0.4, -0.2) is 41.4 Å². The van der Waals surface area contributed by atoms with E-state index in [1.54, 1.807) is 0 Å². The predicted octanol–water partition coefficient (Wildman–Crippen LogP) is -1.67. The average Bonchev–Trinajstić information content (AvgIpc) is 1.25. The normalized spacial score (nSPS) is 5.56. The molecule has 0 atom stereocenters. The summed E-state index contributed by atoms with van der Waals surface area (Å²) in [4.78, 5) is 18.4. The molecular formula is C4H11N2NaO2. The molecule has 0 aromatic heterocycles. The minimum absolute atomic E-state index is 0. The number of carbonyl (C=O) groups is 2. The summed E-state index contributed by atoms with van der Waals surface area (Å²) in [5, 5.41) is 0. The van der Waals surface area contributed by atoms with Crippen molar-refractivity contribution in [2.75, 3.05) is 0 Å². The van der Waals surface area contributed by atoms with Crippen LogP contribution in [0.4, 0.5) is 0 Å². The van der Waals surface area contributed by atoms with Gasteiger partial charge in [-0.05, 0) is 0 Å². The maximum atomic E-state index is 9.22. The van der Waals surface area contributed by atoms with Gasteiger partial charge in [0.25, 0.3) is 0 Å². The summed E-state index contributed by atoms with van der Waals surface area (Å²) in [5.41, 5.74) is 8.94. The van der Waals surface area contributed by atoms with E-state index in [1.807, 2.05) is 0 Å². The molecule has 9 heavy (non-hydrogen) atoms. The van der Waals surface area contributed by atoms with E-state index in [0.29, 0.717) is 0 Å². The van der Waals surface area contributed by atoms with Crippen LogP contribution in [0.2, 0.25) is 0 Å². The first kappa shape index (κ1) is 16.0. The van der Waals surface area contributed by atoms with Crippen molar-refractivity contribution in [2.24, 2.45) is 11.5 Å². The van der Waals surface area contributed by atoms with E-state index >= 15 is 0 Å². The van der Waals surface area contributed by atoms with Crippen LogP contribution in [0, 0.1) is 0 Å². The van der Waals surface area contributed by atoms with Gasteiger partial charge in [-0.15, -0.1) is 0 Å². The number of nitrogens with two attached hydrogens (primary N) is 2. The fourth-order valence-corrected chi connectivity index (χ4v) is 0. The zero-order valence-corrected chi connectivity index (χ0v) is 4.97. The fourth-order valence-electron chi connectivity index (χ4n) is 0. The molecule has 0 bridgehead atoms. The van der Waals surface area contributed by atoms with Crippen LogP contribution in [0.3, 0.4) is 0 Å². The van der Waals surface area contributed by atoms with Crippen molar-refractivity contribution < 1.29 is 9.59 Å². The van der Waals surface area contributed by atoms with Gasteiger partial charge in [-0.1, -0.05) is 0 Å². The number of amides is 2. The van der Waals surface area contributed by atoms with Crippen molar-refractivity contribution in [3.63, 3.8) is 0 Å². The molecular weight excluding hydrogens is 131 g/mol. The molecule has 0 aromatic carbocycles. The first-order chi connectivity index (χ1) is 3.46. The molecule has 0 fully saturated rings. The third kappa shape index (κ3) is 77800. The number of hydrogen-bond donors (Lipinski definition) is 2. The van der Waals surface area contributed by atoms with Gasteiger partial charge in [0.1, 0.15) is 0 Å². The summed E-state index contributed by atoms with van der Waals surface area (Å²) in [6.45, 7) is 2.61. The summed E-state index contributed by atoms with van der Waals surface area (Å²) < 4.78 is 0. The van der Waals surface area contributed by atoms with Crippen molar-refractivity contribution in [3.8, 4) is 0 Å². The Morgan fingerprint density at radius 1 is 1.00 bits per heavy atom. The van der Waals surface area contributed by atoms with Crippen LogP contribution in [0.25, 0.3) is 0 Å². The fraction of sp³-hybridized carbons (Fsp3) is 0.500. The molecule has 0 rings (SSSR count). The summed E-state index contributed by atoms with van der Waals surface area (Å²) in [5.74, 6) is -0.667. The summed E-state index contributed by atoms with van der Waals surface area (Å²) in [6, 6.07) is 0. The van der Waals surface area contributed by atoms with Gasteiger partial charge in [0.2, 0.25) is 11.8 Å². The van der Waals surface area contributed by atoms with Crippen molar-refractivity contribution in [1.82, 2.24) is 0 Å². The number of primary amides is 2. The second kappa shape index (κ2) is 10.8. The summed E-state index contributed by atoms with van der Waals surface area (Å²) in [6.07, 6.45) is 0. The van der Waals surface area contributed by atoms with Crippen LogP contribution in [0.1, 0.15) is 13.8 Å². The van der Waals surface area contributed by atoms with Gasteiger partial charge in [0, 0.05) is 13.8 Å². The third-order valence-electron chi connectivity index (χ3n) is 0. The van der Waals surface area contributed by atoms with Gasteiger partial charge in [0.15, 0.2) is 0 Å². The van der Waals surface area contributed by atoms with E-state index in [-0.39, 0.29) is 41.4 Å². The molecule has 0 unspecified atom stereocenters. The molecule has 0 aromatic rings. The van der Waals surface area contributed by atoms with E-state index in [1.165, 1.54) is 13.8 Å². The molecule has 2 amide bonds. The van der Waals surface area contributed by atoms with Crippen LogP contribution in [0.15, 0.2) is 0 Å². The molecule has 0 saturated heterocycles. The van der Waals surface area contributed by atoms with E-state index in [9.17, 15) is 9.59 Å². The van der Waals surface area contributed by atoms with Gasteiger partial charge < -0.3 is 11.5 Å². The Morgan fingerprint density at radius 3 is 1.00 bits per heavy atom. The topological polar surface area (TPSA) is 86.2 Å². The first-order valence-corrected chi connectivity index (χ1v) is 1.99. The van der Waals surface area contributed by atoms with Gasteiger partial charge in [-0.3, -0.25) is 9.59 Å². The predicted molar refractivity (Wildman–Crippen MR) is 36.9 cm³/mol. The quantitative estimate of drug-likeness (QED) is 0.396. The zero-order valence-electron chi connectivity index (χ0n) is 4.97. The van der Waals surface area contributed by atoms with Crippen molar-refractivity contribution in [1.29, 1.82) is 0 Å². The summed E-state index contributed by atoms with van der Waals surface area (Å²) >= 11 is 0. The molecule has 0 spiro atoms. The zero-order chi connectivity index (χ0) is 7.15. The first-order valence-electron chi connectivity index (χ1n) is 1.99. The Kier molecular flexibility index (Phi) is 19.2. The van der Waals surface area contributed by atoms with E-state index in [4.69, 9.17) is 0 Å². The maximum absolute atomic E-state index is 9.22. The molecule has 0 aliphatic rings. The van der Waals surface area contributed by atoms with Gasteiger partial charge in [0.05, 0.1) is 0 Å². The Balaban J connectivity index is -0.0000000720. The molecule has 0 aliphatic carbocycles. The van der Waals surface area contributed by atoms with Crippen molar-refractivity contribution in [2.45, 2.75) is 13.8 Å². The Labute approximate surface area is 76.3 Å². The second-order valence-electron chi connectivity index (χ2n) is 1.22. The molecule has 50 valence electrons. The van der Waals surface area contributed by atoms with Gasteiger partial charge in [-0.25, -0.2) is 0 Å². The molecule has 0 heterocycles. The van der Waals surface area contributed by atoms with Crippen LogP contribution in [-0.2, 0) is 9.59 Å². The van der Waals surface area contributed by atoms with Gasteiger partial charge >= 0.3 is 29.6 Å². The Hall–Kier alpha value is -0.0600. The minimum atomic E-state index is -0.333. The van der Waals surface area contributed by atoms with E-state index in [0.717, 1.165) is 0 Å². The van der Waals surface area contributed by atoms with Crippen molar-refractivity contribution >= 4 is 41.4 Å². The number of hydrogen-bond acceptors (Lipinski definition) is 2. The van der Waals surface area contributed by atoms with Crippen LogP contribution >= 0.6 is 0 Å². The van der Waals surface area contributed by atoms with Crippen LogP contribution < -0.4 is 11.5 Å². The monoisotopic (exact) mass is 142 g/mol. The molecule has 5 heteroatoms. The molecule has 0 radical (unpaired) electrons. The van der Waals surface area contributed by atoms with Crippen molar-refractivity contribution in [3.05, 3.63) is 0 Å². The summed E-state index contributed by atoms with van der Waals surface area (Å²) in [7, 11) is 0. The SMILES string of the molecule is CC(N)=O.CC(N)=O.[NaH]. The molecule has 4 nitrogen and oxygen atoms in total. The third-order valence-corrected chi connectivity index (χ3v) is 0. The Bertz CT molecular complexity index is 74.6. The average molecular weight is 142 g/mol. The van der Waals surface area contributed by atoms with E-state index in [2.05, 4.69) is 11.5 Å². The molecule has 0 saturated carbocycles. The van der Waals surface area contributed by atoms with Crippen LogP contribution in [0.5, 0.6) is 0 Å². The molecule has 0 aliphatic heterocycles. The standard InChI is InChI=1S/2C2H5NO.Na.H/c2*1-2(3)4;;/h2*1H3,(H2,3,4);;. The molecule has 4 N–H and O–H groups in total. The number of rotatable bonds is 0. The Morgan fingerprint density at radius 2 is 1.00 bits per heavy atom. The second-order valence-corrected chi connectivity index (χ2v) is 1.22.